The summed E-state index contributed by atoms with van der Waals surface area (Å²) in [5.74, 6) is 0. The third-order valence-corrected chi connectivity index (χ3v) is 2.60. The Labute approximate surface area is 107 Å². The predicted octanol–water partition coefficient (Wildman–Crippen LogP) is 2.97. The van der Waals surface area contributed by atoms with Crippen molar-refractivity contribution in [3.05, 3.63) is 28.8 Å². The molecule has 0 aliphatic carbocycles. The molecule has 0 saturated carbocycles. The van der Waals surface area contributed by atoms with Gasteiger partial charge in [-0.2, -0.15) is 13.2 Å². The summed E-state index contributed by atoms with van der Waals surface area (Å²) < 4.78 is 36.6. The summed E-state index contributed by atoms with van der Waals surface area (Å²) in [5, 5.41) is 0.182. The van der Waals surface area contributed by atoms with E-state index in [0.29, 0.717) is 5.56 Å². The number of benzene rings is 1. The first-order chi connectivity index (χ1) is 7.70. The molecule has 0 spiro atoms. The predicted molar refractivity (Wildman–Crippen MR) is 66.7 cm³/mol. The van der Waals surface area contributed by atoms with E-state index in [0.717, 1.165) is 4.90 Å². The first-order valence-electron chi connectivity index (χ1n) is 4.58. The van der Waals surface area contributed by atoms with Crippen molar-refractivity contribution in [3.63, 3.8) is 0 Å². The van der Waals surface area contributed by atoms with Gasteiger partial charge in [0.2, 0.25) is 0 Å². The first kappa shape index (κ1) is 14.1. The monoisotopic (exact) mass is 282 g/mol. The van der Waals surface area contributed by atoms with E-state index in [2.05, 4.69) is 0 Å². The number of hydrogen-bond acceptors (Lipinski definition) is 2. The van der Waals surface area contributed by atoms with E-state index in [1.54, 1.807) is 0 Å². The number of rotatable bonds is 3. The van der Waals surface area contributed by atoms with Crippen molar-refractivity contribution in [2.75, 3.05) is 18.5 Å². The molecular weight excluding hydrogens is 273 g/mol. The summed E-state index contributed by atoms with van der Waals surface area (Å²) in [4.78, 5) is 1.17. The lowest BCUT2D eigenvalue weighted by Gasteiger charge is -2.22. The second-order valence-electron chi connectivity index (χ2n) is 3.50. The molecule has 0 amide bonds. The van der Waals surface area contributed by atoms with Crippen LogP contribution in [-0.2, 0) is 0 Å². The summed E-state index contributed by atoms with van der Waals surface area (Å²) in [6, 6.07) is 4.45. The number of nitrogens with zero attached hydrogens (tertiary/aromatic N) is 1. The Morgan fingerprint density at radius 3 is 2.47 bits per heavy atom. The molecule has 0 heterocycles. The minimum atomic E-state index is -4.28. The first-order valence-corrected chi connectivity index (χ1v) is 5.36. The molecule has 0 fully saturated rings. The van der Waals surface area contributed by atoms with Crippen molar-refractivity contribution >= 4 is 34.5 Å². The molecule has 0 aliphatic rings. The second kappa shape index (κ2) is 5.10. The van der Waals surface area contributed by atoms with Crippen LogP contribution in [0.3, 0.4) is 0 Å². The smallest absolute Gasteiger partial charge is 0.389 e. The Kier molecular flexibility index (Phi) is 4.21. The summed E-state index contributed by atoms with van der Waals surface area (Å²) in [6.07, 6.45) is -4.28. The molecule has 2 N–H and O–H groups in total. The van der Waals surface area contributed by atoms with Gasteiger partial charge in [-0.15, -0.1) is 0 Å². The number of thiocarbonyl (C=S) groups is 1. The van der Waals surface area contributed by atoms with Gasteiger partial charge in [0, 0.05) is 12.6 Å². The highest BCUT2D eigenvalue weighted by atomic mass is 35.5. The normalized spacial score (nSPS) is 11.4. The van der Waals surface area contributed by atoms with Crippen molar-refractivity contribution in [3.8, 4) is 0 Å². The summed E-state index contributed by atoms with van der Waals surface area (Å²) in [5.41, 5.74) is 6.19. The number of anilines is 1. The molecule has 1 rings (SSSR count). The van der Waals surface area contributed by atoms with Gasteiger partial charge in [0.05, 0.1) is 10.7 Å². The molecule has 0 radical (unpaired) electrons. The maximum absolute atomic E-state index is 12.2. The Morgan fingerprint density at radius 2 is 2.06 bits per heavy atom. The zero-order valence-electron chi connectivity index (χ0n) is 8.88. The van der Waals surface area contributed by atoms with E-state index < -0.39 is 12.7 Å². The summed E-state index contributed by atoms with van der Waals surface area (Å²) in [6.45, 7) is -1.07. The number of halogens is 4. The van der Waals surface area contributed by atoms with Gasteiger partial charge in [-0.25, -0.2) is 0 Å². The van der Waals surface area contributed by atoms with Crippen LogP contribution in [0.1, 0.15) is 5.56 Å². The van der Waals surface area contributed by atoms with Crippen LogP contribution >= 0.6 is 23.8 Å². The van der Waals surface area contributed by atoms with Crippen molar-refractivity contribution < 1.29 is 13.2 Å². The summed E-state index contributed by atoms with van der Waals surface area (Å²) >= 11 is 10.6. The fraction of sp³-hybridized carbons (Fsp3) is 0.300. The third kappa shape index (κ3) is 4.05. The van der Waals surface area contributed by atoms with E-state index in [-0.39, 0.29) is 15.7 Å². The molecule has 0 bridgehead atoms. The van der Waals surface area contributed by atoms with Gasteiger partial charge >= 0.3 is 6.18 Å². The van der Waals surface area contributed by atoms with Crippen molar-refractivity contribution in [1.29, 1.82) is 0 Å². The highest BCUT2D eigenvalue weighted by Gasteiger charge is 2.30. The molecule has 0 unspecified atom stereocenters. The summed E-state index contributed by atoms with van der Waals surface area (Å²) in [7, 11) is 1.31. The minimum Gasteiger partial charge on any atom is -0.389 e. The van der Waals surface area contributed by atoms with Crippen LogP contribution in [0, 0.1) is 0 Å². The van der Waals surface area contributed by atoms with Crippen molar-refractivity contribution in [2.24, 2.45) is 5.73 Å². The molecule has 7 heteroatoms. The molecule has 1 aromatic carbocycles. The maximum atomic E-state index is 12.2. The lowest BCUT2D eigenvalue weighted by atomic mass is 10.2. The average Bonchev–Trinajstić information content (AvgIpc) is 2.14. The zero-order valence-corrected chi connectivity index (χ0v) is 10.5. The highest BCUT2D eigenvalue weighted by Crippen LogP contribution is 2.28. The number of nitrogens with two attached hydrogens (primary N) is 1. The van der Waals surface area contributed by atoms with Crippen LogP contribution in [0.25, 0.3) is 0 Å². The van der Waals surface area contributed by atoms with E-state index in [9.17, 15) is 13.2 Å². The fourth-order valence-corrected chi connectivity index (χ4v) is 1.78. The van der Waals surface area contributed by atoms with Crippen molar-refractivity contribution in [2.45, 2.75) is 6.18 Å². The minimum absolute atomic E-state index is 0.150. The van der Waals surface area contributed by atoms with Gasteiger partial charge in [-0.1, -0.05) is 23.8 Å². The lowest BCUT2D eigenvalue weighted by molar-refractivity contribution is -0.119. The Balaban J connectivity index is 2.96. The SMILES string of the molecule is CN(CC(F)(F)F)c1ccc(C(N)=S)cc1Cl. The maximum Gasteiger partial charge on any atom is 0.405 e. The topological polar surface area (TPSA) is 29.3 Å². The van der Waals surface area contributed by atoms with E-state index >= 15 is 0 Å². The van der Waals surface area contributed by atoms with E-state index in [1.807, 2.05) is 0 Å². The van der Waals surface area contributed by atoms with Gasteiger partial charge in [-0.3, -0.25) is 0 Å². The quantitative estimate of drug-likeness (QED) is 0.864. The molecule has 0 aliphatic heterocycles. The largest absolute Gasteiger partial charge is 0.405 e. The molecule has 0 saturated heterocycles. The molecule has 17 heavy (non-hydrogen) atoms. The third-order valence-electron chi connectivity index (χ3n) is 2.06. The Bertz CT molecular complexity index is 434. The van der Waals surface area contributed by atoms with Gasteiger partial charge in [0.25, 0.3) is 0 Å². The number of hydrogen-bond donors (Lipinski definition) is 1. The molecular formula is C10H10ClF3N2S. The molecule has 94 valence electrons. The van der Waals surface area contributed by atoms with Crippen LogP contribution in [-0.4, -0.2) is 24.8 Å². The Hall–Kier alpha value is -1.01. The van der Waals surface area contributed by atoms with E-state index in [4.69, 9.17) is 29.6 Å². The molecule has 0 aromatic heterocycles. The van der Waals surface area contributed by atoms with Gasteiger partial charge in [0.1, 0.15) is 11.5 Å². The van der Waals surface area contributed by atoms with Crippen LogP contribution in [0.4, 0.5) is 18.9 Å². The number of alkyl halides is 3. The lowest BCUT2D eigenvalue weighted by Crippen LogP contribution is -2.31. The van der Waals surface area contributed by atoms with Gasteiger partial charge in [-0.05, 0) is 18.2 Å². The van der Waals surface area contributed by atoms with E-state index in [1.165, 1.54) is 25.2 Å². The Morgan fingerprint density at radius 1 is 1.47 bits per heavy atom. The average molecular weight is 283 g/mol. The molecule has 2 nitrogen and oxygen atoms in total. The van der Waals surface area contributed by atoms with Crippen LogP contribution in [0.2, 0.25) is 5.02 Å². The van der Waals surface area contributed by atoms with Crippen LogP contribution in [0.15, 0.2) is 18.2 Å². The van der Waals surface area contributed by atoms with Crippen LogP contribution in [0.5, 0.6) is 0 Å². The van der Waals surface area contributed by atoms with Crippen LogP contribution < -0.4 is 10.6 Å². The van der Waals surface area contributed by atoms with Crippen molar-refractivity contribution in [1.82, 2.24) is 0 Å². The highest BCUT2D eigenvalue weighted by molar-refractivity contribution is 7.80. The van der Waals surface area contributed by atoms with Gasteiger partial charge < -0.3 is 10.6 Å². The fourth-order valence-electron chi connectivity index (χ4n) is 1.32. The second-order valence-corrected chi connectivity index (χ2v) is 4.35. The van der Waals surface area contributed by atoms with Gasteiger partial charge in [0.15, 0.2) is 0 Å². The standard InChI is InChI=1S/C10H10ClF3N2S/c1-16(5-10(12,13)14)8-3-2-6(9(15)17)4-7(8)11/h2-4H,5H2,1H3,(H2,15,17). The zero-order chi connectivity index (χ0) is 13.2. The molecule has 1 aromatic rings. The molecule has 0 atom stereocenters.